The number of methoxy groups -OCH3 is 1. The van der Waals surface area contributed by atoms with E-state index in [-0.39, 0.29) is 5.97 Å². The zero-order valence-corrected chi connectivity index (χ0v) is 12.3. The lowest BCUT2D eigenvalue weighted by molar-refractivity contribution is 0.0605. The van der Waals surface area contributed by atoms with Gasteiger partial charge in [0.05, 0.1) is 12.8 Å². The topological polar surface area (TPSA) is 54.5 Å². The van der Waals surface area contributed by atoms with Gasteiger partial charge < -0.3 is 15.0 Å². The van der Waals surface area contributed by atoms with Crippen LogP contribution in [0.3, 0.4) is 0 Å². The first-order chi connectivity index (χ1) is 8.54. The number of nitrogens with zero attached hydrogens (tertiary/aromatic N) is 2. The molecule has 1 N–H and O–H groups in total. The van der Waals surface area contributed by atoms with Crippen molar-refractivity contribution in [3.05, 3.63) is 10.6 Å². The second kappa shape index (κ2) is 7.33. The number of hydrogen-bond donors (Lipinski definition) is 1. The highest BCUT2D eigenvalue weighted by atomic mass is 32.1. The van der Waals surface area contributed by atoms with E-state index in [1.165, 1.54) is 18.4 Å². The molecule has 0 saturated carbocycles. The van der Waals surface area contributed by atoms with Crippen LogP contribution < -0.4 is 5.32 Å². The number of rotatable bonds is 7. The summed E-state index contributed by atoms with van der Waals surface area (Å²) in [5, 5.41) is 4.03. The molecule has 0 fully saturated rings. The monoisotopic (exact) mass is 271 g/mol. The molecule has 0 unspecified atom stereocenters. The van der Waals surface area contributed by atoms with Gasteiger partial charge >= 0.3 is 5.97 Å². The van der Waals surface area contributed by atoms with Gasteiger partial charge in [0.15, 0.2) is 5.13 Å². The van der Waals surface area contributed by atoms with Gasteiger partial charge in [-0.25, -0.2) is 9.78 Å². The molecular weight excluding hydrogens is 250 g/mol. The number of ether oxygens (including phenoxy) is 1. The second-order valence-corrected chi connectivity index (χ2v) is 5.36. The minimum Gasteiger partial charge on any atom is -0.465 e. The highest BCUT2D eigenvalue weighted by molar-refractivity contribution is 7.17. The van der Waals surface area contributed by atoms with Gasteiger partial charge in [0.2, 0.25) is 0 Å². The minimum absolute atomic E-state index is 0.314. The van der Waals surface area contributed by atoms with Crippen molar-refractivity contribution in [1.82, 2.24) is 9.88 Å². The van der Waals surface area contributed by atoms with Crippen molar-refractivity contribution in [2.75, 3.05) is 39.6 Å². The number of carbonyl (C=O) groups excluding carboxylic acids is 1. The van der Waals surface area contributed by atoms with Crippen LogP contribution in [0.4, 0.5) is 5.13 Å². The standard InChI is InChI=1S/C12H21N3O2S/c1-9-10(11(16)17-4)18-12(14-9)13-7-5-6-8-15(2)3/h5-8H2,1-4H3,(H,13,14). The van der Waals surface area contributed by atoms with Gasteiger partial charge in [-0.15, -0.1) is 0 Å². The Morgan fingerprint density at radius 1 is 1.44 bits per heavy atom. The maximum atomic E-state index is 11.4. The molecule has 0 aliphatic rings. The van der Waals surface area contributed by atoms with Crippen molar-refractivity contribution < 1.29 is 9.53 Å². The lowest BCUT2D eigenvalue weighted by Crippen LogP contribution is -2.14. The van der Waals surface area contributed by atoms with Gasteiger partial charge in [-0.2, -0.15) is 0 Å². The summed E-state index contributed by atoms with van der Waals surface area (Å²) >= 11 is 1.35. The van der Waals surface area contributed by atoms with Gasteiger partial charge in [0.1, 0.15) is 4.88 Å². The molecule has 1 aromatic rings. The predicted octanol–water partition coefficient (Wildman–Crippen LogP) is 1.99. The number of aromatic nitrogens is 1. The molecule has 0 aliphatic heterocycles. The summed E-state index contributed by atoms with van der Waals surface area (Å²) in [4.78, 5) is 18.5. The number of aryl methyl sites for hydroxylation is 1. The first kappa shape index (κ1) is 14.9. The molecule has 102 valence electrons. The molecule has 0 aliphatic carbocycles. The molecule has 0 saturated heterocycles. The molecule has 0 bridgehead atoms. The molecule has 1 aromatic heterocycles. The third-order valence-electron chi connectivity index (χ3n) is 2.48. The van der Waals surface area contributed by atoms with E-state index in [0.717, 1.165) is 36.8 Å². The maximum Gasteiger partial charge on any atom is 0.350 e. The number of thiazole rings is 1. The van der Waals surface area contributed by atoms with E-state index in [9.17, 15) is 4.79 Å². The van der Waals surface area contributed by atoms with Crippen LogP contribution in [0, 0.1) is 6.92 Å². The quantitative estimate of drug-likeness (QED) is 0.607. The maximum absolute atomic E-state index is 11.4. The first-order valence-corrected chi connectivity index (χ1v) is 6.80. The zero-order chi connectivity index (χ0) is 13.5. The number of nitrogens with one attached hydrogen (secondary N) is 1. The fourth-order valence-corrected chi connectivity index (χ4v) is 2.41. The van der Waals surface area contributed by atoms with E-state index in [0.29, 0.717) is 4.88 Å². The van der Waals surface area contributed by atoms with Crippen LogP contribution in [0.1, 0.15) is 28.2 Å². The van der Waals surface area contributed by atoms with E-state index in [1.54, 1.807) is 0 Å². The summed E-state index contributed by atoms with van der Waals surface area (Å²) in [5.41, 5.74) is 0.725. The summed E-state index contributed by atoms with van der Waals surface area (Å²) in [5.74, 6) is -0.314. The Morgan fingerprint density at radius 3 is 2.78 bits per heavy atom. The molecule has 0 atom stereocenters. The van der Waals surface area contributed by atoms with E-state index in [1.807, 2.05) is 6.92 Å². The van der Waals surface area contributed by atoms with Gasteiger partial charge in [-0.1, -0.05) is 11.3 Å². The summed E-state index contributed by atoms with van der Waals surface area (Å²) in [7, 11) is 5.52. The van der Waals surface area contributed by atoms with Crippen molar-refractivity contribution in [3.63, 3.8) is 0 Å². The molecule has 1 rings (SSSR count). The van der Waals surface area contributed by atoms with Gasteiger partial charge in [-0.3, -0.25) is 0 Å². The van der Waals surface area contributed by atoms with Crippen LogP contribution in [0.25, 0.3) is 0 Å². The number of carbonyl (C=O) groups is 1. The SMILES string of the molecule is COC(=O)c1sc(NCCCCN(C)C)nc1C. The van der Waals surface area contributed by atoms with E-state index < -0.39 is 0 Å². The minimum atomic E-state index is -0.314. The molecule has 1 heterocycles. The molecule has 18 heavy (non-hydrogen) atoms. The normalized spacial score (nSPS) is 10.7. The Morgan fingerprint density at radius 2 is 2.17 bits per heavy atom. The number of anilines is 1. The Labute approximate surface area is 112 Å². The fourth-order valence-electron chi connectivity index (χ4n) is 1.50. The van der Waals surface area contributed by atoms with Crippen molar-refractivity contribution in [2.24, 2.45) is 0 Å². The average molecular weight is 271 g/mol. The van der Waals surface area contributed by atoms with E-state index >= 15 is 0 Å². The predicted molar refractivity (Wildman–Crippen MR) is 74.5 cm³/mol. The van der Waals surface area contributed by atoms with Gasteiger partial charge in [-0.05, 0) is 40.4 Å². The summed E-state index contributed by atoms with van der Waals surface area (Å²) < 4.78 is 4.70. The Kier molecular flexibility index (Phi) is 6.07. The summed E-state index contributed by atoms with van der Waals surface area (Å²) in [6.45, 7) is 3.79. The molecule has 0 amide bonds. The van der Waals surface area contributed by atoms with E-state index in [2.05, 4.69) is 29.3 Å². The van der Waals surface area contributed by atoms with Gasteiger partial charge in [0, 0.05) is 6.54 Å². The summed E-state index contributed by atoms with van der Waals surface area (Å²) in [6, 6.07) is 0. The largest absolute Gasteiger partial charge is 0.465 e. The van der Waals surface area contributed by atoms with Crippen molar-refractivity contribution >= 4 is 22.4 Å². The third-order valence-corrected chi connectivity index (χ3v) is 3.57. The summed E-state index contributed by atoms with van der Waals surface area (Å²) in [6.07, 6.45) is 2.23. The van der Waals surface area contributed by atoms with Crippen LogP contribution in [-0.2, 0) is 4.74 Å². The van der Waals surface area contributed by atoms with Crippen LogP contribution >= 0.6 is 11.3 Å². The van der Waals surface area contributed by atoms with Crippen LogP contribution in [0.5, 0.6) is 0 Å². The highest BCUT2D eigenvalue weighted by Crippen LogP contribution is 2.23. The lowest BCUT2D eigenvalue weighted by atomic mass is 10.3. The first-order valence-electron chi connectivity index (χ1n) is 5.99. The van der Waals surface area contributed by atoms with E-state index in [4.69, 9.17) is 4.74 Å². The number of unbranched alkanes of at least 4 members (excludes halogenated alkanes) is 1. The zero-order valence-electron chi connectivity index (χ0n) is 11.4. The smallest absolute Gasteiger partial charge is 0.350 e. The number of hydrogen-bond acceptors (Lipinski definition) is 6. The molecule has 0 radical (unpaired) electrons. The molecule has 6 heteroatoms. The van der Waals surface area contributed by atoms with Crippen LogP contribution in [0.2, 0.25) is 0 Å². The highest BCUT2D eigenvalue weighted by Gasteiger charge is 2.15. The Hall–Kier alpha value is -1.14. The molecule has 0 spiro atoms. The van der Waals surface area contributed by atoms with Gasteiger partial charge in [0.25, 0.3) is 0 Å². The van der Waals surface area contributed by atoms with Crippen LogP contribution in [0.15, 0.2) is 0 Å². The number of esters is 1. The molecular formula is C12H21N3O2S. The van der Waals surface area contributed by atoms with Crippen LogP contribution in [-0.4, -0.2) is 50.1 Å². The Balaban J connectivity index is 2.37. The van der Waals surface area contributed by atoms with Crippen molar-refractivity contribution in [3.8, 4) is 0 Å². The Bertz CT molecular complexity index is 391. The molecule has 0 aromatic carbocycles. The second-order valence-electron chi connectivity index (χ2n) is 4.36. The van der Waals surface area contributed by atoms with Crippen molar-refractivity contribution in [2.45, 2.75) is 19.8 Å². The fraction of sp³-hybridized carbons (Fsp3) is 0.667. The lowest BCUT2D eigenvalue weighted by Gasteiger charge is -2.08. The van der Waals surface area contributed by atoms with Crippen molar-refractivity contribution in [1.29, 1.82) is 0 Å². The average Bonchev–Trinajstić information content (AvgIpc) is 2.69. The third kappa shape index (κ3) is 4.62. The molecule has 5 nitrogen and oxygen atoms in total.